The molecule has 0 saturated carbocycles. The average Bonchev–Trinajstić information content (AvgIpc) is 2.33. The van der Waals surface area contributed by atoms with Gasteiger partial charge in [-0.1, -0.05) is 30.3 Å². The van der Waals surface area contributed by atoms with E-state index < -0.39 is 18.1 Å². The van der Waals surface area contributed by atoms with Crippen molar-refractivity contribution in [2.24, 2.45) is 5.92 Å². The Morgan fingerprint density at radius 1 is 1.41 bits per heavy atom. The standard InChI is InChI=1S/C13H14FNO2/c1-9(14)12-11(8-16)15(13(12)17)7-10-5-3-2-4-6-10/h2-6,8-9,11-12H,7H2,1H3/t9-,11-,12-/m1/s1. The summed E-state index contributed by atoms with van der Waals surface area (Å²) in [5.74, 6) is -1.07. The highest BCUT2D eigenvalue weighted by atomic mass is 19.1. The van der Waals surface area contributed by atoms with Gasteiger partial charge in [0, 0.05) is 6.54 Å². The van der Waals surface area contributed by atoms with Gasteiger partial charge in [0.15, 0.2) is 0 Å². The molecule has 1 heterocycles. The molecule has 1 saturated heterocycles. The van der Waals surface area contributed by atoms with E-state index in [1.54, 1.807) is 0 Å². The van der Waals surface area contributed by atoms with Gasteiger partial charge < -0.3 is 9.69 Å². The molecular formula is C13H14FNO2. The third-order valence-electron chi connectivity index (χ3n) is 3.13. The number of amides is 1. The molecule has 17 heavy (non-hydrogen) atoms. The molecule has 1 fully saturated rings. The molecule has 90 valence electrons. The summed E-state index contributed by atoms with van der Waals surface area (Å²) in [4.78, 5) is 24.0. The summed E-state index contributed by atoms with van der Waals surface area (Å²) in [5, 5.41) is 0. The molecular weight excluding hydrogens is 221 g/mol. The second kappa shape index (κ2) is 4.65. The molecule has 0 bridgehead atoms. The van der Waals surface area contributed by atoms with Gasteiger partial charge in [0.05, 0.1) is 5.92 Å². The maximum Gasteiger partial charge on any atom is 0.232 e. The number of carbonyl (C=O) groups is 2. The second-order valence-electron chi connectivity index (χ2n) is 4.28. The number of carbonyl (C=O) groups excluding carboxylic acids is 2. The fraction of sp³-hybridized carbons (Fsp3) is 0.385. The van der Waals surface area contributed by atoms with E-state index in [2.05, 4.69) is 0 Å². The van der Waals surface area contributed by atoms with Crippen LogP contribution < -0.4 is 0 Å². The Bertz CT molecular complexity index is 419. The minimum atomic E-state index is -1.27. The van der Waals surface area contributed by atoms with Crippen LogP contribution in [0.2, 0.25) is 0 Å². The molecule has 3 atom stereocenters. The number of β-lactam (4-membered cyclic amide) rings is 1. The van der Waals surface area contributed by atoms with Gasteiger partial charge in [0.25, 0.3) is 0 Å². The van der Waals surface area contributed by atoms with E-state index >= 15 is 0 Å². The lowest BCUT2D eigenvalue weighted by Gasteiger charge is -2.45. The lowest BCUT2D eigenvalue weighted by Crippen LogP contribution is -2.63. The zero-order chi connectivity index (χ0) is 12.4. The summed E-state index contributed by atoms with van der Waals surface area (Å²) in [6.07, 6.45) is -0.616. The third-order valence-corrected chi connectivity index (χ3v) is 3.13. The van der Waals surface area contributed by atoms with Crippen LogP contribution in [0.25, 0.3) is 0 Å². The molecule has 1 amide bonds. The smallest absolute Gasteiger partial charge is 0.232 e. The molecule has 0 unspecified atom stereocenters. The topological polar surface area (TPSA) is 37.4 Å². The molecule has 0 N–H and O–H groups in total. The zero-order valence-corrected chi connectivity index (χ0v) is 9.54. The van der Waals surface area contributed by atoms with Crippen LogP contribution in [0.5, 0.6) is 0 Å². The van der Waals surface area contributed by atoms with E-state index in [-0.39, 0.29) is 5.91 Å². The van der Waals surface area contributed by atoms with Gasteiger partial charge in [-0.25, -0.2) is 4.39 Å². The fourth-order valence-corrected chi connectivity index (χ4v) is 2.19. The van der Waals surface area contributed by atoms with Crippen LogP contribution in [-0.2, 0) is 16.1 Å². The van der Waals surface area contributed by atoms with Crippen molar-refractivity contribution in [3.05, 3.63) is 35.9 Å². The van der Waals surface area contributed by atoms with Gasteiger partial charge in [-0.15, -0.1) is 0 Å². The maximum atomic E-state index is 13.1. The minimum absolute atomic E-state index is 0.277. The number of halogens is 1. The fourth-order valence-electron chi connectivity index (χ4n) is 2.19. The molecule has 2 rings (SSSR count). The third kappa shape index (κ3) is 2.07. The highest BCUT2D eigenvalue weighted by Gasteiger charge is 2.50. The van der Waals surface area contributed by atoms with Crippen molar-refractivity contribution in [3.8, 4) is 0 Å². The van der Waals surface area contributed by atoms with E-state index in [4.69, 9.17) is 0 Å². The van der Waals surface area contributed by atoms with Crippen molar-refractivity contribution in [3.63, 3.8) is 0 Å². The first-order chi connectivity index (χ1) is 8.15. The largest absolute Gasteiger partial charge is 0.327 e. The Morgan fingerprint density at radius 2 is 2.06 bits per heavy atom. The lowest BCUT2D eigenvalue weighted by molar-refractivity contribution is -0.164. The van der Waals surface area contributed by atoms with E-state index in [1.165, 1.54) is 11.8 Å². The Hall–Kier alpha value is -1.71. The van der Waals surface area contributed by atoms with E-state index in [9.17, 15) is 14.0 Å². The van der Waals surface area contributed by atoms with Gasteiger partial charge in [-0.05, 0) is 12.5 Å². The summed E-state index contributed by atoms with van der Waals surface area (Å²) in [5.41, 5.74) is 0.942. The number of alkyl halides is 1. The first-order valence-corrected chi connectivity index (χ1v) is 5.59. The number of hydrogen-bond donors (Lipinski definition) is 0. The number of nitrogens with zero attached hydrogens (tertiary/aromatic N) is 1. The molecule has 0 aliphatic carbocycles. The van der Waals surface area contributed by atoms with Crippen LogP contribution in [0.3, 0.4) is 0 Å². The number of hydrogen-bond acceptors (Lipinski definition) is 2. The highest BCUT2D eigenvalue weighted by Crippen LogP contribution is 2.31. The van der Waals surface area contributed by atoms with E-state index in [1.807, 2.05) is 30.3 Å². The summed E-state index contributed by atoms with van der Waals surface area (Å²) in [6.45, 7) is 1.69. The Labute approximate surface area is 99.2 Å². The number of benzene rings is 1. The Balaban J connectivity index is 2.08. The minimum Gasteiger partial charge on any atom is -0.327 e. The van der Waals surface area contributed by atoms with Crippen LogP contribution in [-0.4, -0.2) is 29.3 Å². The van der Waals surface area contributed by atoms with Crippen molar-refractivity contribution >= 4 is 12.2 Å². The van der Waals surface area contributed by atoms with Gasteiger partial charge in [-0.3, -0.25) is 4.79 Å². The monoisotopic (exact) mass is 235 g/mol. The Kier molecular flexibility index (Phi) is 3.22. The normalized spacial score (nSPS) is 25.3. The van der Waals surface area contributed by atoms with Crippen molar-refractivity contribution in [2.45, 2.75) is 25.7 Å². The Morgan fingerprint density at radius 3 is 2.59 bits per heavy atom. The van der Waals surface area contributed by atoms with E-state index in [0.29, 0.717) is 12.8 Å². The van der Waals surface area contributed by atoms with Gasteiger partial charge in [-0.2, -0.15) is 0 Å². The number of likely N-dealkylation sites (tertiary alicyclic amines) is 1. The van der Waals surface area contributed by atoms with Gasteiger partial charge in [0.1, 0.15) is 18.5 Å². The van der Waals surface area contributed by atoms with Gasteiger partial charge in [0.2, 0.25) is 5.91 Å². The van der Waals surface area contributed by atoms with Crippen LogP contribution in [0, 0.1) is 5.92 Å². The second-order valence-corrected chi connectivity index (χ2v) is 4.28. The molecule has 0 radical (unpaired) electrons. The van der Waals surface area contributed by atoms with Crippen molar-refractivity contribution in [1.29, 1.82) is 0 Å². The molecule has 1 aliphatic heterocycles. The quantitative estimate of drug-likeness (QED) is 0.587. The van der Waals surface area contributed by atoms with Crippen LogP contribution >= 0.6 is 0 Å². The van der Waals surface area contributed by atoms with E-state index in [0.717, 1.165) is 5.56 Å². The average molecular weight is 235 g/mol. The first kappa shape index (κ1) is 11.8. The summed E-state index contributed by atoms with van der Waals surface area (Å²) < 4.78 is 13.1. The molecule has 1 aromatic rings. The summed E-state index contributed by atoms with van der Waals surface area (Å²) in [7, 11) is 0. The molecule has 1 aromatic carbocycles. The molecule has 1 aliphatic rings. The SMILES string of the molecule is C[C@@H](F)[C@H]1C(=O)N(Cc2ccccc2)[C@@H]1C=O. The summed E-state index contributed by atoms with van der Waals surface area (Å²) >= 11 is 0. The van der Waals surface area contributed by atoms with Crippen molar-refractivity contribution in [2.75, 3.05) is 0 Å². The zero-order valence-electron chi connectivity index (χ0n) is 9.54. The predicted molar refractivity (Wildman–Crippen MR) is 60.9 cm³/mol. The lowest BCUT2D eigenvalue weighted by atomic mass is 9.84. The maximum absolute atomic E-state index is 13.1. The van der Waals surface area contributed by atoms with Crippen LogP contribution in [0.1, 0.15) is 12.5 Å². The summed E-state index contributed by atoms with van der Waals surface area (Å²) in [6, 6.07) is 8.74. The van der Waals surface area contributed by atoms with Crippen LogP contribution in [0.4, 0.5) is 4.39 Å². The predicted octanol–water partition coefficient (Wildman–Crippen LogP) is 1.57. The number of aldehydes is 1. The van der Waals surface area contributed by atoms with Crippen LogP contribution in [0.15, 0.2) is 30.3 Å². The number of rotatable bonds is 4. The van der Waals surface area contributed by atoms with Crippen molar-refractivity contribution in [1.82, 2.24) is 4.90 Å². The first-order valence-electron chi connectivity index (χ1n) is 5.59. The molecule has 0 aromatic heterocycles. The molecule has 4 heteroatoms. The highest BCUT2D eigenvalue weighted by molar-refractivity contribution is 5.93. The molecule has 3 nitrogen and oxygen atoms in total. The molecule has 0 spiro atoms. The van der Waals surface area contributed by atoms with Gasteiger partial charge >= 0.3 is 0 Å². The van der Waals surface area contributed by atoms with Crippen molar-refractivity contribution < 1.29 is 14.0 Å².